The first-order valence-electron chi connectivity index (χ1n) is 6.76. The lowest BCUT2D eigenvalue weighted by Crippen LogP contribution is -2.36. The molecule has 3 rings (SSSR count). The van der Waals surface area contributed by atoms with Crippen LogP contribution in [0.25, 0.3) is 0 Å². The summed E-state index contributed by atoms with van der Waals surface area (Å²) in [7, 11) is 0. The third-order valence-electron chi connectivity index (χ3n) is 4.21. The summed E-state index contributed by atoms with van der Waals surface area (Å²) in [5, 5.41) is 9.60. The van der Waals surface area contributed by atoms with Gasteiger partial charge in [0.25, 0.3) is 0 Å². The molecular formula is C15H18O2S2. The lowest BCUT2D eigenvalue weighted by atomic mass is 9.75. The Kier molecular flexibility index (Phi) is 3.81. The van der Waals surface area contributed by atoms with Crippen molar-refractivity contribution in [1.82, 2.24) is 0 Å². The molecule has 0 unspecified atom stereocenters. The van der Waals surface area contributed by atoms with E-state index in [1.165, 1.54) is 17.1 Å². The topological polar surface area (TPSA) is 37.3 Å². The summed E-state index contributed by atoms with van der Waals surface area (Å²) in [6.45, 7) is 0. The molecule has 0 bridgehead atoms. The Bertz CT molecular complexity index is 454. The maximum absolute atomic E-state index is 11.7. The van der Waals surface area contributed by atoms with Crippen LogP contribution in [0.15, 0.2) is 30.3 Å². The molecule has 2 atom stereocenters. The highest BCUT2D eigenvalue weighted by atomic mass is 32.2. The third kappa shape index (κ3) is 2.65. The van der Waals surface area contributed by atoms with Crippen molar-refractivity contribution in [2.45, 2.75) is 29.3 Å². The maximum Gasteiger partial charge on any atom is 0.307 e. The van der Waals surface area contributed by atoms with Crippen molar-refractivity contribution >= 4 is 29.5 Å². The highest BCUT2D eigenvalue weighted by Gasteiger charge is 2.46. The molecule has 0 amide bonds. The SMILES string of the molecule is O=C(O)[C@H]1CC2(CC[C@H]1c1ccccc1)SCCS2. The predicted octanol–water partition coefficient (Wildman–Crippen LogP) is 3.83. The first kappa shape index (κ1) is 13.4. The van der Waals surface area contributed by atoms with Crippen LogP contribution in [0.3, 0.4) is 0 Å². The molecule has 2 aliphatic rings. The summed E-state index contributed by atoms with van der Waals surface area (Å²) in [5.41, 5.74) is 1.19. The van der Waals surface area contributed by atoms with E-state index in [2.05, 4.69) is 12.1 Å². The quantitative estimate of drug-likeness (QED) is 0.899. The van der Waals surface area contributed by atoms with Crippen LogP contribution < -0.4 is 0 Å². The van der Waals surface area contributed by atoms with Gasteiger partial charge in [-0.05, 0) is 30.7 Å². The van der Waals surface area contributed by atoms with Crippen LogP contribution in [0, 0.1) is 5.92 Å². The van der Waals surface area contributed by atoms with Gasteiger partial charge in [-0.2, -0.15) is 0 Å². The van der Waals surface area contributed by atoms with Crippen LogP contribution in [0.5, 0.6) is 0 Å². The van der Waals surface area contributed by atoms with E-state index in [9.17, 15) is 9.90 Å². The zero-order chi connectivity index (χ0) is 13.3. The zero-order valence-electron chi connectivity index (χ0n) is 10.7. The summed E-state index contributed by atoms with van der Waals surface area (Å²) in [6.07, 6.45) is 2.96. The van der Waals surface area contributed by atoms with Crippen LogP contribution >= 0.6 is 23.5 Å². The minimum atomic E-state index is -0.624. The smallest absolute Gasteiger partial charge is 0.307 e. The van der Waals surface area contributed by atoms with E-state index in [0.717, 1.165) is 19.3 Å². The van der Waals surface area contributed by atoms with Crippen molar-refractivity contribution in [3.63, 3.8) is 0 Å². The van der Waals surface area contributed by atoms with E-state index in [-0.39, 0.29) is 15.9 Å². The number of hydrogen-bond acceptors (Lipinski definition) is 3. The second-order valence-corrected chi connectivity index (χ2v) is 8.53. The van der Waals surface area contributed by atoms with Crippen LogP contribution in [0.2, 0.25) is 0 Å². The predicted molar refractivity (Wildman–Crippen MR) is 81.8 cm³/mol. The Morgan fingerprint density at radius 2 is 1.89 bits per heavy atom. The second kappa shape index (κ2) is 5.41. The number of aliphatic carboxylic acids is 1. The van der Waals surface area contributed by atoms with E-state index in [1.54, 1.807) is 0 Å². The molecule has 1 saturated heterocycles. The van der Waals surface area contributed by atoms with E-state index < -0.39 is 5.97 Å². The standard InChI is InChI=1S/C15H18O2S2/c16-14(17)13-10-15(18-8-9-19-15)7-6-12(13)11-4-2-1-3-5-11/h1-5,12-13H,6-10H2,(H,16,17)/t12-,13-/m0/s1. The number of benzene rings is 1. The van der Waals surface area contributed by atoms with Crippen molar-refractivity contribution in [3.05, 3.63) is 35.9 Å². The molecule has 2 nitrogen and oxygen atoms in total. The number of hydrogen-bond donors (Lipinski definition) is 1. The molecule has 1 aliphatic carbocycles. The monoisotopic (exact) mass is 294 g/mol. The third-order valence-corrected chi connectivity index (χ3v) is 7.79. The number of carboxylic acid groups (broad SMARTS) is 1. The molecule has 19 heavy (non-hydrogen) atoms. The average molecular weight is 294 g/mol. The summed E-state index contributed by atoms with van der Waals surface area (Å²) >= 11 is 3.97. The Labute approximate surface area is 122 Å². The van der Waals surface area contributed by atoms with Gasteiger partial charge in [-0.3, -0.25) is 4.79 Å². The molecule has 1 N–H and O–H groups in total. The van der Waals surface area contributed by atoms with E-state index in [1.807, 2.05) is 41.7 Å². The van der Waals surface area contributed by atoms with E-state index in [0.29, 0.717) is 0 Å². The molecule has 1 saturated carbocycles. The van der Waals surface area contributed by atoms with Crippen molar-refractivity contribution < 1.29 is 9.90 Å². The van der Waals surface area contributed by atoms with E-state index >= 15 is 0 Å². The molecule has 102 valence electrons. The largest absolute Gasteiger partial charge is 0.481 e. The summed E-state index contributed by atoms with van der Waals surface area (Å²) < 4.78 is 0.189. The molecule has 0 aromatic heterocycles. The lowest BCUT2D eigenvalue weighted by molar-refractivity contribution is -0.143. The fraction of sp³-hybridized carbons (Fsp3) is 0.533. The lowest BCUT2D eigenvalue weighted by Gasteiger charge is -2.40. The van der Waals surface area contributed by atoms with Gasteiger partial charge in [0, 0.05) is 11.5 Å². The Balaban J connectivity index is 1.84. The Hall–Kier alpha value is -0.610. The zero-order valence-corrected chi connectivity index (χ0v) is 12.4. The van der Waals surface area contributed by atoms with Crippen LogP contribution in [0.4, 0.5) is 0 Å². The van der Waals surface area contributed by atoms with Gasteiger partial charge in [-0.1, -0.05) is 30.3 Å². The van der Waals surface area contributed by atoms with Crippen LogP contribution in [-0.2, 0) is 4.79 Å². The normalized spacial score (nSPS) is 29.5. The molecule has 0 radical (unpaired) electrons. The molecule has 1 aromatic carbocycles. The van der Waals surface area contributed by atoms with Gasteiger partial charge in [0.15, 0.2) is 0 Å². The number of thioether (sulfide) groups is 2. The van der Waals surface area contributed by atoms with Crippen molar-refractivity contribution in [2.75, 3.05) is 11.5 Å². The van der Waals surface area contributed by atoms with Crippen LogP contribution in [-0.4, -0.2) is 26.7 Å². The van der Waals surface area contributed by atoms with Crippen LogP contribution in [0.1, 0.15) is 30.7 Å². The second-order valence-electron chi connectivity index (χ2n) is 5.31. The van der Waals surface area contributed by atoms with Gasteiger partial charge < -0.3 is 5.11 Å². The molecule has 2 fully saturated rings. The molecular weight excluding hydrogens is 276 g/mol. The van der Waals surface area contributed by atoms with Gasteiger partial charge in [0.05, 0.1) is 10.00 Å². The fourth-order valence-electron chi connectivity index (χ4n) is 3.27. The van der Waals surface area contributed by atoms with Gasteiger partial charge >= 0.3 is 5.97 Å². The van der Waals surface area contributed by atoms with E-state index in [4.69, 9.17) is 0 Å². The van der Waals surface area contributed by atoms with Gasteiger partial charge in [0.1, 0.15) is 0 Å². The maximum atomic E-state index is 11.7. The fourth-order valence-corrected chi connectivity index (χ4v) is 6.64. The highest BCUT2D eigenvalue weighted by molar-refractivity contribution is 8.21. The summed E-state index contributed by atoms with van der Waals surface area (Å²) in [5.74, 6) is 1.68. The molecule has 4 heteroatoms. The van der Waals surface area contributed by atoms with Gasteiger partial charge in [0.2, 0.25) is 0 Å². The molecule has 1 aliphatic heterocycles. The summed E-state index contributed by atoms with van der Waals surface area (Å²) in [4.78, 5) is 11.7. The van der Waals surface area contributed by atoms with Gasteiger partial charge in [-0.15, -0.1) is 23.5 Å². The Morgan fingerprint density at radius 3 is 2.53 bits per heavy atom. The first-order chi connectivity index (χ1) is 9.20. The van der Waals surface area contributed by atoms with Crippen molar-refractivity contribution in [3.8, 4) is 0 Å². The number of carbonyl (C=O) groups is 1. The van der Waals surface area contributed by atoms with Gasteiger partial charge in [-0.25, -0.2) is 0 Å². The molecule has 1 heterocycles. The van der Waals surface area contributed by atoms with Crippen molar-refractivity contribution in [1.29, 1.82) is 0 Å². The number of rotatable bonds is 2. The minimum Gasteiger partial charge on any atom is -0.481 e. The highest BCUT2D eigenvalue weighted by Crippen LogP contribution is 2.57. The first-order valence-corrected chi connectivity index (χ1v) is 8.73. The minimum absolute atomic E-state index is 0.186. The Morgan fingerprint density at radius 1 is 1.21 bits per heavy atom. The average Bonchev–Trinajstić information content (AvgIpc) is 2.88. The summed E-state index contributed by atoms with van der Waals surface area (Å²) in [6, 6.07) is 10.2. The van der Waals surface area contributed by atoms with Crippen molar-refractivity contribution in [2.24, 2.45) is 5.92 Å². The molecule has 1 spiro atoms. The number of carboxylic acids is 1. The molecule has 1 aromatic rings.